The van der Waals surface area contributed by atoms with Crippen molar-refractivity contribution in [2.75, 3.05) is 0 Å². The fraction of sp³-hybridized carbons (Fsp3) is 0.500. The molecule has 1 rings (SSSR count). The molecule has 1 aromatic carbocycles. The quantitative estimate of drug-likeness (QED) is 0.770. The molecule has 0 saturated carbocycles. The van der Waals surface area contributed by atoms with Crippen LogP contribution in [0.1, 0.15) is 37.5 Å². The monoisotopic (exact) mass is 194 g/mol. The van der Waals surface area contributed by atoms with Crippen molar-refractivity contribution < 1.29 is 10.2 Å². The molecule has 0 bridgehead atoms. The number of rotatable bonds is 4. The number of aliphatic hydroxyl groups is 2. The Bertz CT molecular complexity index is 283. The molecule has 0 amide bonds. The molecule has 1 aromatic rings. The van der Waals surface area contributed by atoms with Crippen LogP contribution in [-0.2, 0) is 6.42 Å². The zero-order chi connectivity index (χ0) is 10.6. The Morgan fingerprint density at radius 3 is 2.50 bits per heavy atom. The summed E-state index contributed by atoms with van der Waals surface area (Å²) in [5, 5.41) is 19.3. The van der Waals surface area contributed by atoms with Crippen LogP contribution in [0.5, 0.6) is 0 Å². The molecule has 2 heteroatoms. The SMILES string of the molecule is CCc1cccc(C(O)C(O)CC)c1. The van der Waals surface area contributed by atoms with Gasteiger partial charge in [-0.2, -0.15) is 0 Å². The molecular formula is C12H18O2. The zero-order valence-corrected chi connectivity index (χ0v) is 8.77. The summed E-state index contributed by atoms with van der Waals surface area (Å²) in [7, 11) is 0. The van der Waals surface area contributed by atoms with Gasteiger partial charge in [-0.15, -0.1) is 0 Å². The standard InChI is InChI=1S/C12H18O2/c1-3-9-6-5-7-10(8-9)12(14)11(13)4-2/h5-8,11-14H,3-4H2,1-2H3. The van der Waals surface area contributed by atoms with Gasteiger partial charge in [-0.25, -0.2) is 0 Å². The highest BCUT2D eigenvalue weighted by Crippen LogP contribution is 2.19. The molecule has 78 valence electrons. The van der Waals surface area contributed by atoms with Crippen molar-refractivity contribution in [1.82, 2.24) is 0 Å². The highest BCUT2D eigenvalue weighted by molar-refractivity contribution is 5.25. The predicted octanol–water partition coefficient (Wildman–Crippen LogP) is 2.05. The van der Waals surface area contributed by atoms with Gasteiger partial charge in [0.05, 0.1) is 6.10 Å². The fourth-order valence-electron chi connectivity index (χ4n) is 1.44. The summed E-state index contributed by atoms with van der Waals surface area (Å²) in [5.74, 6) is 0. The summed E-state index contributed by atoms with van der Waals surface area (Å²) in [4.78, 5) is 0. The Morgan fingerprint density at radius 2 is 1.93 bits per heavy atom. The lowest BCUT2D eigenvalue weighted by atomic mass is 10.00. The highest BCUT2D eigenvalue weighted by Gasteiger charge is 2.15. The lowest BCUT2D eigenvalue weighted by molar-refractivity contribution is 0.0164. The minimum absolute atomic E-state index is 0.567. The maximum atomic E-state index is 9.76. The first-order valence-corrected chi connectivity index (χ1v) is 5.14. The van der Waals surface area contributed by atoms with Gasteiger partial charge in [0.2, 0.25) is 0 Å². The van der Waals surface area contributed by atoms with Crippen molar-refractivity contribution in [2.24, 2.45) is 0 Å². The summed E-state index contributed by atoms with van der Waals surface area (Å²) >= 11 is 0. The molecule has 0 aliphatic carbocycles. The smallest absolute Gasteiger partial charge is 0.105 e. The van der Waals surface area contributed by atoms with E-state index in [0.29, 0.717) is 6.42 Å². The minimum atomic E-state index is -0.758. The fourth-order valence-corrected chi connectivity index (χ4v) is 1.44. The Balaban J connectivity index is 2.83. The highest BCUT2D eigenvalue weighted by atomic mass is 16.3. The second-order valence-electron chi connectivity index (χ2n) is 3.52. The van der Waals surface area contributed by atoms with Gasteiger partial charge >= 0.3 is 0 Å². The predicted molar refractivity (Wildman–Crippen MR) is 57.1 cm³/mol. The van der Waals surface area contributed by atoms with Gasteiger partial charge in [0.15, 0.2) is 0 Å². The maximum absolute atomic E-state index is 9.76. The van der Waals surface area contributed by atoms with E-state index >= 15 is 0 Å². The van der Waals surface area contributed by atoms with Crippen LogP contribution < -0.4 is 0 Å². The molecule has 0 saturated heterocycles. The van der Waals surface area contributed by atoms with E-state index in [1.165, 1.54) is 5.56 Å². The van der Waals surface area contributed by atoms with Gasteiger partial charge in [0.25, 0.3) is 0 Å². The molecule has 2 N–H and O–H groups in total. The van der Waals surface area contributed by atoms with Crippen LogP contribution in [0.4, 0.5) is 0 Å². The van der Waals surface area contributed by atoms with Crippen LogP contribution in [0, 0.1) is 0 Å². The third-order valence-electron chi connectivity index (χ3n) is 2.48. The number of hydrogen-bond acceptors (Lipinski definition) is 2. The van der Waals surface area contributed by atoms with Crippen molar-refractivity contribution in [3.05, 3.63) is 35.4 Å². The first-order valence-electron chi connectivity index (χ1n) is 5.14. The molecule has 0 aliphatic rings. The van der Waals surface area contributed by atoms with Crippen molar-refractivity contribution in [3.8, 4) is 0 Å². The van der Waals surface area contributed by atoms with Crippen LogP contribution in [-0.4, -0.2) is 16.3 Å². The molecule has 2 atom stereocenters. The van der Waals surface area contributed by atoms with Gasteiger partial charge < -0.3 is 10.2 Å². The van der Waals surface area contributed by atoms with E-state index in [4.69, 9.17) is 0 Å². The third-order valence-corrected chi connectivity index (χ3v) is 2.48. The molecule has 14 heavy (non-hydrogen) atoms. The van der Waals surface area contributed by atoms with E-state index in [1.807, 2.05) is 31.2 Å². The topological polar surface area (TPSA) is 40.5 Å². The van der Waals surface area contributed by atoms with E-state index in [1.54, 1.807) is 0 Å². The second kappa shape index (κ2) is 5.13. The molecule has 2 nitrogen and oxygen atoms in total. The minimum Gasteiger partial charge on any atom is -0.390 e. The van der Waals surface area contributed by atoms with Gasteiger partial charge in [0.1, 0.15) is 6.10 Å². The molecule has 2 unspecified atom stereocenters. The molecule has 0 fully saturated rings. The summed E-state index contributed by atoms with van der Waals surface area (Å²) in [6, 6.07) is 7.74. The average Bonchev–Trinajstić information content (AvgIpc) is 2.27. The van der Waals surface area contributed by atoms with Crippen molar-refractivity contribution in [1.29, 1.82) is 0 Å². The van der Waals surface area contributed by atoms with Crippen molar-refractivity contribution in [2.45, 2.75) is 38.9 Å². The van der Waals surface area contributed by atoms with E-state index in [0.717, 1.165) is 12.0 Å². The van der Waals surface area contributed by atoms with Crippen molar-refractivity contribution >= 4 is 0 Å². The third kappa shape index (κ3) is 2.56. The van der Waals surface area contributed by atoms with Crippen LogP contribution >= 0.6 is 0 Å². The van der Waals surface area contributed by atoms with Crippen molar-refractivity contribution in [3.63, 3.8) is 0 Å². The van der Waals surface area contributed by atoms with E-state index < -0.39 is 12.2 Å². The summed E-state index contributed by atoms with van der Waals surface area (Å²) in [6.07, 6.45) is 0.0916. The number of aryl methyl sites for hydroxylation is 1. The van der Waals surface area contributed by atoms with Gasteiger partial charge in [0, 0.05) is 0 Å². The number of aliphatic hydroxyl groups excluding tert-OH is 2. The van der Waals surface area contributed by atoms with Crippen LogP contribution in [0.25, 0.3) is 0 Å². The van der Waals surface area contributed by atoms with Gasteiger partial charge in [-0.05, 0) is 24.0 Å². The van der Waals surface area contributed by atoms with Crippen LogP contribution in [0.3, 0.4) is 0 Å². The maximum Gasteiger partial charge on any atom is 0.105 e. The van der Waals surface area contributed by atoms with Gasteiger partial charge in [-0.1, -0.05) is 38.1 Å². The molecule has 0 heterocycles. The van der Waals surface area contributed by atoms with Crippen LogP contribution in [0.2, 0.25) is 0 Å². The average molecular weight is 194 g/mol. The van der Waals surface area contributed by atoms with E-state index in [9.17, 15) is 10.2 Å². The summed E-state index contributed by atoms with van der Waals surface area (Å²) in [5.41, 5.74) is 1.99. The zero-order valence-electron chi connectivity index (χ0n) is 8.77. The Kier molecular flexibility index (Phi) is 4.11. The molecule has 0 radical (unpaired) electrons. The van der Waals surface area contributed by atoms with Gasteiger partial charge in [-0.3, -0.25) is 0 Å². The normalized spacial score (nSPS) is 15.1. The largest absolute Gasteiger partial charge is 0.390 e. The Hall–Kier alpha value is -0.860. The second-order valence-corrected chi connectivity index (χ2v) is 3.52. The summed E-state index contributed by atoms with van der Waals surface area (Å²) < 4.78 is 0. The molecule has 0 aromatic heterocycles. The Morgan fingerprint density at radius 1 is 1.21 bits per heavy atom. The first kappa shape index (κ1) is 11.2. The molecule has 0 aliphatic heterocycles. The van der Waals surface area contributed by atoms with Crippen LogP contribution in [0.15, 0.2) is 24.3 Å². The number of hydrogen-bond donors (Lipinski definition) is 2. The lowest BCUT2D eigenvalue weighted by Crippen LogP contribution is -2.16. The lowest BCUT2D eigenvalue weighted by Gasteiger charge is -2.16. The Labute approximate surface area is 85.2 Å². The van der Waals surface area contributed by atoms with E-state index in [2.05, 4.69) is 6.92 Å². The molecular weight excluding hydrogens is 176 g/mol. The summed E-state index contributed by atoms with van der Waals surface area (Å²) in [6.45, 7) is 3.93. The van der Waals surface area contributed by atoms with E-state index in [-0.39, 0.29) is 0 Å². The molecule has 0 spiro atoms. The number of benzene rings is 1. The first-order chi connectivity index (χ1) is 6.69.